The number of hydrogen-bond donors (Lipinski definition) is 1. The maximum absolute atomic E-state index is 10.2. The van der Waals surface area contributed by atoms with Crippen molar-refractivity contribution in [2.24, 2.45) is 0 Å². The molecule has 1 fully saturated rings. The number of benzene rings is 1. The molecule has 1 aromatic rings. The van der Waals surface area contributed by atoms with E-state index in [9.17, 15) is 5.11 Å². The van der Waals surface area contributed by atoms with Gasteiger partial charge in [-0.3, -0.25) is 0 Å². The van der Waals surface area contributed by atoms with E-state index in [0.29, 0.717) is 0 Å². The van der Waals surface area contributed by atoms with Crippen molar-refractivity contribution < 1.29 is 9.84 Å². The number of ether oxygens (including phenoxy) is 1. The van der Waals surface area contributed by atoms with Crippen molar-refractivity contribution in [1.82, 2.24) is 0 Å². The molecule has 2 nitrogen and oxygen atoms in total. The standard InChI is InChI=1S/C12H16O2/c1-9-4-5-10(14-2)8-11(9)12(13)6-3-7-12/h4-5,8,13H,3,6-7H2,1-2H3. The Hall–Kier alpha value is -1.02. The number of hydrogen-bond acceptors (Lipinski definition) is 2. The highest BCUT2D eigenvalue weighted by molar-refractivity contribution is 5.39. The number of methoxy groups -OCH3 is 1. The quantitative estimate of drug-likeness (QED) is 0.779. The summed E-state index contributed by atoms with van der Waals surface area (Å²) < 4.78 is 5.16. The molecule has 0 atom stereocenters. The molecular weight excluding hydrogens is 176 g/mol. The fraction of sp³-hybridized carbons (Fsp3) is 0.500. The van der Waals surface area contributed by atoms with Gasteiger partial charge in [-0.25, -0.2) is 0 Å². The molecule has 0 aromatic heterocycles. The van der Waals surface area contributed by atoms with E-state index in [1.165, 1.54) is 0 Å². The average Bonchev–Trinajstić information content (AvgIpc) is 2.15. The van der Waals surface area contributed by atoms with Gasteiger partial charge in [0.15, 0.2) is 0 Å². The third-order valence-electron chi connectivity index (χ3n) is 3.13. The predicted octanol–water partition coefficient (Wildman–Crippen LogP) is 2.38. The topological polar surface area (TPSA) is 29.5 Å². The summed E-state index contributed by atoms with van der Waals surface area (Å²) in [5.41, 5.74) is 1.59. The molecule has 14 heavy (non-hydrogen) atoms. The average molecular weight is 192 g/mol. The molecule has 1 aromatic carbocycles. The van der Waals surface area contributed by atoms with Gasteiger partial charge in [0.1, 0.15) is 5.75 Å². The molecule has 0 spiro atoms. The van der Waals surface area contributed by atoms with Gasteiger partial charge in [0.05, 0.1) is 12.7 Å². The van der Waals surface area contributed by atoms with Gasteiger partial charge in [-0.2, -0.15) is 0 Å². The highest BCUT2D eigenvalue weighted by atomic mass is 16.5. The van der Waals surface area contributed by atoms with Crippen LogP contribution in [0.3, 0.4) is 0 Å². The summed E-state index contributed by atoms with van der Waals surface area (Å²) >= 11 is 0. The van der Waals surface area contributed by atoms with E-state index in [4.69, 9.17) is 4.74 Å². The van der Waals surface area contributed by atoms with Crippen molar-refractivity contribution in [2.75, 3.05) is 7.11 Å². The fourth-order valence-corrected chi connectivity index (χ4v) is 2.01. The first kappa shape index (κ1) is 9.53. The van der Waals surface area contributed by atoms with E-state index in [2.05, 4.69) is 0 Å². The number of rotatable bonds is 2. The Labute approximate surface area is 84.5 Å². The van der Waals surface area contributed by atoms with Gasteiger partial charge < -0.3 is 9.84 Å². The van der Waals surface area contributed by atoms with Crippen molar-refractivity contribution in [1.29, 1.82) is 0 Å². The smallest absolute Gasteiger partial charge is 0.119 e. The van der Waals surface area contributed by atoms with Crippen LogP contribution in [0.25, 0.3) is 0 Å². The Balaban J connectivity index is 2.40. The first-order chi connectivity index (χ1) is 6.65. The van der Waals surface area contributed by atoms with Crippen LogP contribution in [-0.2, 0) is 5.60 Å². The Morgan fingerprint density at radius 1 is 1.36 bits per heavy atom. The maximum atomic E-state index is 10.2. The fourth-order valence-electron chi connectivity index (χ4n) is 2.01. The second-order valence-electron chi connectivity index (χ2n) is 4.07. The summed E-state index contributed by atoms with van der Waals surface area (Å²) in [5, 5.41) is 10.2. The van der Waals surface area contributed by atoms with E-state index in [1.807, 2.05) is 25.1 Å². The molecule has 0 amide bonds. The van der Waals surface area contributed by atoms with E-state index in [1.54, 1.807) is 7.11 Å². The molecule has 0 unspecified atom stereocenters. The molecule has 1 aliphatic rings. The lowest BCUT2D eigenvalue weighted by atomic mass is 9.74. The third kappa shape index (κ3) is 1.40. The normalized spacial score (nSPS) is 18.8. The Morgan fingerprint density at radius 2 is 2.07 bits per heavy atom. The second kappa shape index (κ2) is 3.28. The number of aliphatic hydroxyl groups is 1. The molecule has 1 N–H and O–H groups in total. The van der Waals surface area contributed by atoms with Crippen LogP contribution in [0.4, 0.5) is 0 Å². The Bertz CT molecular complexity index is 340. The van der Waals surface area contributed by atoms with Crippen LogP contribution in [0.2, 0.25) is 0 Å². The zero-order valence-electron chi connectivity index (χ0n) is 8.71. The SMILES string of the molecule is COc1ccc(C)c(C2(O)CCC2)c1. The van der Waals surface area contributed by atoms with Crippen LogP contribution in [0.1, 0.15) is 30.4 Å². The zero-order valence-corrected chi connectivity index (χ0v) is 8.71. The van der Waals surface area contributed by atoms with Crippen molar-refractivity contribution in [3.63, 3.8) is 0 Å². The van der Waals surface area contributed by atoms with Crippen molar-refractivity contribution >= 4 is 0 Å². The molecular formula is C12H16O2. The molecule has 76 valence electrons. The minimum Gasteiger partial charge on any atom is -0.497 e. The summed E-state index contributed by atoms with van der Waals surface area (Å²) in [6.07, 6.45) is 2.87. The lowest BCUT2D eigenvalue weighted by Crippen LogP contribution is -2.34. The predicted molar refractivity (Wildman–Crippen MR) is 55.5 cm³/mol. The monoisotopic (exact) mass is 192 g/mol. The van der Waals surface area contributed by atoms with Gasteiger partial charge in [-0.15, -0.1) is 0 Å². The first-order valence-corrected chi connectivity index (χ1v) is 5.03. The lowest BCUT2D eigenvalue weighted by Gasteiger charge is -2.38. The largest absolute Gasteiger partial charge is 0.497 e. The minimum absolute atomic E-state index is 0.585. The summed E-state index contributed by atoms with van der Waals surface area (Å²) in [4.78, 5) is 0. The maximum Gasteiger partial charge on any atom is 0.119 e. The van der Waals surface area contributed by atoms with Gasteiger partial charge in [0.2, 0.25) is 0 Å². The first-order valence-electron chi connectivity index (χ1n) is 5.03. The van der Waals surface area contributed by atoms with E-state index < -0.39 is 5.60 Å². The number of aryl methyl sites for hydroxylation is 1. The molecule has 2 heteroatoms. The van der Waals surface area contributed by atoms with Gasteiger partial charge in [0.25, 0.3) is 0 Å². The minimum atomic E-state index is -0.585. The molecule has 1 saturated carbocycles. The molecule has 0 heterocycles. The molecule has 0 bridgehead atoms. The van der Waals surface area contributed by atoms with Crippen molar-refractivity contribution in [3.05, 3.63) is 29.3 Å². The Morgan fingerprint density at radius 3 is 2.57 bits per heavy atom. The summed E-state index contributed by atoms with van der Waals surface area (Å²) in [7, 11) is 1.65. The van der Waals surface area contributed by atoms with Crippen molar-refractivity contribution in [2.45, 2.75) is 31.8 Å². The highest BCUT2D eigenvalue weighted by Crippen LogP contribution is 2.43. The second-order valence-corrected chi connectivity index (χ2v) is 4.07. The van der Waals surface area contributed by atoms with Crippen LogP contribution in [0, 0.1) is 6.92 Å². The Kier molecular flexibility index (Phi) is 2.23. The molecule has 0 radical (unpaired) electrons. The van der Waals surface area contributed by atoms with Crippen LogP contribution < -0.4 is 4.74 Å². The van der Waals surface area contributed by atoms with E-state index >= 15 is 0 Å². The summed E-state index contributed by atoms with van der Waals surface area (Å²) in [6, 6.07) is 5.89. The van der Waals surface area contributed by atoms with Gasteiger partial charge in [-0.05, 0) is 49.4 Å². The van der Waals surface area contributed by atoms with E-state index in [0.717, 1.165) is 36.1 Å². The van der Waals surface area contributed by atoms with Crippen molar-refractivity contribution in [3.8, 4) is 5.75 Å². The van der Waals surface area contributed by atoms with Crippen LogP contribution in [-0.4, -0.2) is 12.2 Å². The van der Waals surface area contributed by atoms with Crippen LogP contribution in [0.5, 0.6) is 5.75 Å². The zero-order chi connectivity index (χ0) is 10.2. The molecule has 1 aliphatic carbocycles. The van der Waals surface area contributed by atoms with Gasteiger partial charge in [-0.1, -0.05) is 6.07 Å². The molecule has 0 saturated heterocycles. The van der Waals surface area contributed by atoms with Crippen LogP contribution in [0.15, 0.2) is 18.2 Å². The summed E-state index contributed by atoms with van der Waals surface area (Å²) in [5.74, 6) is 0.825. The molecule has 2 rings (SSSR count). The highest BCUT2D eigenvalue weighted by Gasteiger charge is 2.37. The van der Waals surface area contributed by atoms with Gasteiger partial charge in [0, 0.05) is 0 Å². The molecule has 0 aliphatic heterocycles. The van der Waals surface area contributed by atoms with Gasteiger partial charge >= 0.3 is 0 Å². The lowest BCUT2D eigenvalue weighted by molar-refractivity contribution is -0.0394. The van der Waals surface area contributed by atoms with E-state index in [-0.39, 0.29) is 0 Å². The summed E-state index contributed by atoms with van der Waals surface area (Å²) in [6.45, 7) is 2.03. The third-order valence-corrected chi connectivity index (χ3v) is 3.13. The van der Waals surface area contributed by atoms with Crippen LogP contribution >= 0.6 is 0 Å².